The number of furan rings is 1. The van der Waals surface area contributed by atoms with Gasteiger partial charge in [-0.25, -0.2) is 4.68 Å². The normalized spacial score (nSPS) is 11.2. The van der Waals surface area contributed by atoms with Gasteiger partial charge in [-0.15, -0.1) is 5.10 Å². The van der Waals surface area contributed by atoms with Crippen LogP contribution in [-0.4, -0.2) is 21.0 Å². The molecule has 2 rings (SSSR count). The van der Waals surface area contributed by atoms with Gasteiger partial charge in [0.05, 0.1) is 12.7 Å². The lowest BCUT2D eigenvalue weighted by molar-refractivity contribution is 0.470. The van der Waals surface area contributed by atoms with Gasteiger partial charge in [0, 0.05) is 13.1 Å². The van der Waals surface area contributed by atoms with Crippen LogP contribution in [0.4, 0.5) is 0 Å². The molecule has 0 radical (unpaired) electrons. The third-order valence-corrected chi connectivity index (χ3v) is 2.31. The molecule has 0 saturated heterocycles. The average molecular weight is 220 g/mol. The van der Waals surface area contributed by atoms with Gasteiger partial charge in [-0.1, -0.05) is 19.1 Å². The van der Waals surface area contributed by atoms with Gasteiger partial charge in [-0.2, -0.15) is 0 Å². The second-order valence-corrected chi connectivity index (χ2v) is 4.04. The second-order valence-electron chi connectivity index (χ2n) is 4.04. The van der Waals surface area contributed by atoms with E-state index in [0.29, 0.717) is 6.04 Å². The molecular formula is C11H16N4O. The van der Waals surface area contributed by atoms with Crippen molar-refractivity contribution in [1.29, 1.82) is 0 Å². The molecule has 5 heteroatoms. The number of aromatic nitrogens is 3. The van der Waals surface area contributed by atoms with Crippen LogP contribution in [0.15, 0.2) is 22.7 Å². The van der Waals surface area contributed by atoms with Gasteiger partial charge in [0.15, 0.2) is 5.76 Å². The van der Waals surface area contributed by atoms with Gasteiger partial charge in [0.25, 0.3) is 0 Å². The lowest BCUT2D eigenvalue weighted by Gasteiger charge is -2.04. The molecule has 0 aliphatic heterocycles. The predicted octanol–water partition coefficient (Wildman–Crippen LogP) is 1.57. The van der Waals surface area contributed by atoms with Gasteiger partial charge < -0.3 is 9.73 Å². The zero-order chi connectivity index (χ0) is 11.5. The van der Waals surface area contributed by atoms with Crippen LogP contribution in [0.2, 0.25) is 0 Å². The van der Waals surface area contributed by atoms with Crippen LogP contribution in [0, 0.1) is 0 Å². The summed E-state index contributed by atoms with van der Waals surface area (Å²) in [5, 5.41) is 11.0. The van der Waals surface area contributed by atoms with Gasteiger partial charge in [-0.3, -0.25) is 0 Å². The van der Waals surface area contributed by atoms with Crippen LogP contribution >= 0.6 is 0 Å². The maximum atomic E-state index is 5.70. The van der Waals surface area contributed by atoms with E-state index >= 15 is 0 Å². The van der Waals surface area contributed by atoms with Gasteiger partial charge in [0.1, 0.15) is 11.5 Å². The Morgan fingerprint density at radius 1 is 1.44 bits per heavy atom. The molecule has 0 amide bonds. The Kier molecular flexibility index (Phi) is 3.05. The van der Waals surface area contributed by atoms with Crippen molar-refractivity contribution in [2.24, 2.45) is 7.05 Å². The summed E-state index contributed by atoms with van der Waals surface area (Å²) < 4.78 is 7.39. The van der Waals surface area contributed by atoms with Crippen LogP contribution < -0.4 is 5.32 Å². The van der Waals surface area contributed by atoms with E-state index in [2.05, 4.69) is 29.5 Å². The van der Waals surface area contributed by atoms with Gasteiger partial charge >= 0.3 is 0 Å². The number of nitrogens with one attached hydrogen (secondary N) is 1. The molecule has 86 valence electrons. The number of rotatable bonds is 4. The highest BCUT2D eigenvalue weighted by Gasteiger charge is 2.08. The quantitative estimate of drug-likeness (QED) is 0.849. The summed E-state index contributed by atoms with van der Waals surface area (Å²) in [7, 11) is 1.84. The first kappa shape index (κ1) is 10.9. The predicted molar refractivity (Wildman–Crippen MR) is 60.7 cm³/mol. The van der Waals surface area contributed by atoms with Crippen molar-refractivity contribution in [1.82, 2.24) is 20.3 Å². The van der Waals surface area contributed by atoms with Crippen molar-refractivity contribution in [3.8, 4) is 11.5 Å². The van der Waals surface area contributed by atoms with Crippen molar-refractivity contribution >= 4 is 0 Å². The lowest BCUT2D eigenvalue weighted by Crippen LogP contribution is -2.21. The standard InChI is InChI=1S/C11H16N4O/c1-8(2)12-6-9-4-5-11(16-9)10-7-13-14-15(10)3/h4-5,7-8,12H,6H2,1-3H3. The summed E-state index contributed by atoms with van der Waals surface area (Å²) in [6.07, 6.45) is 1.69. The molecule has 0 unspecified atom stereocenters. The molecule has 2 aromatic rings. The highest BCUT2D eigenvalue weighted by Crippen LogP contribution is 2.20. The van der Waals surface area contributed by atoms with E-state index in [1.165, 1.54) is 0 Å². The molecular weight excluding hydrogens is 204 g/mol. The Morgan fingerprint density at radius 3 is 2.88 bits per heavy atom. The molecule has 0 saturated carbocycles. The van der Waals surface area contributed by atoms with Crippen LogP contribution in [0.1, 0.15) is 19.6 Å². The molecule has 5 nitrogen and oxygen atoms in total. The molecule has 0 fully saturated rings. The third kappa shape index (κ3) is 2.30. The minimum atomic E-state index is 0.451. The summed E-state index contributed by atoms with van der Waals surface area (Å²) in [4.78, 5) is 0. The largest absolute Gasteiger partial charge is 0.458 e. The Labute approximate surface area is 94.5 Å². The first-order chi connectivity index (χ1) is 7.66. The Bertz CT molecular complexity index is 458. The molecule has 0 aromatic carbocycles. The first-order valence-corrected chi connectivity index (χ1v) is 5.34. The van der Waals surface area contributed by atoms with Crippen molar-refractivity contribution in [2.75, 3.05) is 0 Å². The number of hydrogen-bond donors (Lipinski definition) is 1. The molecule has 0 aliphatic rings. The molecule has 0 aliphatic carbocycles. The lowest BCUT2D eigenvalue weighted by atomic mass is 10.3. The van der Waals surface area contributed by atoms with E-state index in [0.717, 1.165) is 23.8 Å². The smallest absolute Gasteiger partial charge is 0.154 e. The first-order valence-electron chi connectivity index (χ1n) is 5.34. The Hall–Kier alpha value is -1.62. The van der Waals surface area contributed by atoms with Crippen LogP contribution in [-0.2, 0) is 13.6 Å². The summed E-state index contributed by atoms with van der Waals surface area (Å²) in [5.74, 6) is 1.72. The summed E-state index contributed by atoms with van der Waals surface area (Å²) in [5.41, 5.74) is 0.885. The maximum Gasteiger partial charge on any atom is 0.154 e. The molecule has 2 heterocycles. The molecule has 2 aromatic heterocycles. The van der Waals surface area contributed by atoms with Gasteiger partial charge in [-0.05, 0) is 12.1 Å². The van der Waals surface area contributed by atoms with Crippen LogP contribution in [0.3, 0.4) is 0 Å². The Balaban J connectivity index is 2.11. The van der Waals surface area contributed by atoms with Crippen LogP contribution in [0.5, 0.6) is 0 Å². The number of aryl methyl sites for hydroxylation is 1. The van der Waals surface area contributed by atoms with Crippen molar-refractivity contribution in [3.63, 3.8) is 0 Å². The van der Waals surface area contributed by atoms with E-state index in [1.807, 2.05) is 19.2 Å². The fraction of sp³-hybridized carbons (Fsp3) is 0.455. The molecule has 0 atom stereocenters. The SMILES string of the molecule is CC(C)NCc1ccc(-c2cnnn2C)o1. The monoisotopic (exact) mass is 220 g/mol. The van der Waals surface area contributed by atoms with Crippen molar-refractivity contribution in [2.45, 2.75) is 26.4 Å². The fourth-order valence-corrected chi connectivity index (χ4v) is 1.43. The van der Waals surface area contributed by atoms with E-state index in [4.69, 9.17) is 4.42 Å². The van der Waals surface area contributed by atoms with E-state index in [9.17, 15) is 0 Å². The zero-order valence-corrected chi connectivity index (χ0v) is 9.77. The van der Waals surface area contributed by atoms with E-state index in [1.54, 1.807) is 10.9 Å². The van der Waals surface area contributed by atoms with E-state index in [-0.39, 0.29) is 0 Å². The number of hydrogen-bond acceptors (Lipinski definition) is 4. The second kappa shape index (κ2) is 4.49. The highest BCUT2D eigenvalue weighted by atomic mass is 16.3. The number of nitrogens with zero attached hydrogens (tertiary/aromatic N) is 3. The maximum absolute atomic E-state index is 5.70. The minimum absolute atomic E-state index is 0.451. The summed E-state index contributed by atoms with van der Waals surface area (Å²) in [6.45, 7) is 4.95. The van der Waals surface area contributed by atoms with Crippen LogP contribution in [0.25, 0.3) is 11.5 Å². The highest BCUT2D eigenvalue weighted by molar-refractivity contribution is 5.50. The summed E-state index contributed by atoms with van der Waals surface area (Å²) >= 11 is 0. The molecule has 16 heavy (non-hydrogen) atoms. The zero-order valence-electron chi connectivity index (χ0n) is 9.77. The third-order valence-electron chi connectivity index (χ3n) is 2.31. The molecule has 0 bridgehead atoms. The topological polar surface area (TPSA) is 55.9 Å². The fourth-order valence-electron chi connectivity index (χ4n) is 1.43. The van der Waals surface area contributed by atoms with Crippen molar-refractivity contribution < 1.29 is 4.42 Å². The summed E-state index contributed by atoms with van der Waals surface area (Å²) in [6, 6.07) is 4.36. The molecule has 1 N–H and O–H groups in total. The van der Waals surface area contributed by atoms with E-state index < -0.39 is 0 Å². The Morgan fingerprint density at radius 2 is 2.25 bits per heavy atom. The average Bonchev–Trinajstić information content (AvgIpc) is 2.83. The van der Waals surface area contributed by atoms with Gasteiger partial charge in [0.2, 0.25) is 0 Å². The molecule has 0 spiro atoms. The van der Waals surface area contributed by atoms with Crippen molar-refractivity contribution in [3.05, 3.63) is 24.1 Å². The minimum Gasteiger partial charge on any atom is -0.458 e.